The number of aromatic nitrogens is 5. The summed E-state index contributed by atoms with van der Waals surface area (Å²) in [6, 6.07) is 25.7. The Morgan fingerprint density at radius 3 is 2.27 bits per heavy atom. The maximum absolute atomic E-state index is 15.8. The molecule has 0 aliphatic carbocycles. The first-order chi connectivity index (χ1) is 38.1. The highest BCUT2D eigenvalue weighted by molar-refractivity contribution is 14.1. The van der Waals surface area contributed by atoms with Crippen molar-refractivity contribution in [2.24, 2.45) is 14.1 Å². The molecule has 1 unspecified atom stereocenters. The number of halogens is 1. The number of thioether (sulfide) groups is 1. The fourth-order valence-corrected chi connectivity index (χ4v) is 15.4. The van der Waals surface area contributed by atoms with Crippen LogP contribution in [-0.2, 0) is 72.5 Å². The highest BCUT2D eigenvalue weighted by Crippen LogP contribution is 2.45. The lowest BCUT2D eigenvalue weighted by molar-refractivity contribution is -0.715. The third-order valence-electron chi connectivity index (χ3n) is 16.8. The van der Waals surface area contributed by atoms with Crippen molar-refractivity contribution in [3.63, 3.8) is 0 Å². The predicted octanol–water partition coefficient (Wildman–Crippen LogP) is 14.6. The molecule has 7 aromatic rings. The van der Waals surface area contributed by atoms with Crippen LogP contribution in [0.3, 0.4) is 0 Å². The van der Waals surface area contributed by atoms with Gasteiger partial charge >= 0.3 is 5.97 Å². The second-order valence-corrected chi connectivity index (χ2v) is 37.5. The molecule has 20 heteroatoms. The van der Waals surface area contributed by atoms with Crippen LogP contribution in [0.4, 0.5) is 5.69 Å². The van der Waals surface area contributed by atoms with Crippen LogP contribution in [0.25, 0.3) is 32.8 Å². The normalized spacial score (nSPS) is 14.8. The number of hydrogen-bond acceptors (Lipinski definition) is 11. The summed E-state index contributed by atoms with van der Waals surface area (Å²) in [5.41, 5.74) is 7.94. The summed E-state index contributed by atoms with van der Waals surface area (Å²) in [7, 11) is -1.91. The van der Waals surface area contributed by atoms with E-state index in [2.05, 4.69) is 146 Å². The molecular formula is C61H83IN7O8S2Si2+. The van der Waals surface area contributed by atoms with E-state index in [4.69, 9.17) is 33.4 Å². The van der Waals surface area contributed by atoms with Crippen molar-refractivity contribution in [3.05, 3.63) is 118 Å². The number of sulfonamides is 1. The van der Waals surface area contributed by atoms with Gasteiger partial charge in [0.05, 0.1) is 37.1 Å². The van der Waals surface area contributed by atoms with E-state index in [1.54, 1.807) is 36.0 Å². The average molecular weight is 1290 g/mol. The van der Waals surface area contributed by atoms with Gasteiger partial charge in [0.25, 0.3) is 24.0 Å². The Morgan fingerprint density at radius 2 is 1.60 bits per heavy atom. The highest BCUT2D eigenvalue weighted by Gasteiger charge is 2.41. The van der Waals surface area contributed by atoms with Crippen LogP contribution < -0.4 is 4.43 Å². The minimum absolute atomic E-state index is 0.0105. The van der Waals surface area contributed by atoms with Crippen LogP contribution in [-0.4, -0.2) is 98.3 Å². The number of ether oxygens (including phenoxy) is 2. The molecule has 0 radical (unpaired) electrons. The van der Waals surface area contributed by atoms with Crippen molar-refractivity contribution >= 4 is 101 Å². The number of fused-ring (bicyclic) bond motifs is 2. The summed E-state index contributed by atoms with van der Waals surface area (Å²) in [4.78, 5) is 20.6. The molecule has 0 amide bonds. The van der Waals surface area contributed by atoms with Gasteiger partial charge in [-0.3, -0.25) is 9.52 Å². The SMILES string of the molecule is C=[N+](OC)c1ccccc1S(=O)(=O)N(Cc1cc(CSc2cc(O[Si](C)(C)C(C)(C)C)c3ccccc3c2)n(C)n1)Cc1nn(C2CCCCO2)c(C)c1-c1c(CI)ccc2c(CCCO[Si](C)(C)C(C)(C)C)c(C(=O)OC)n(C)c12. The number of rotatable bonds is 22. The molecule has 4 aromatic carbocycles. The van der Waals surface area contributed by atoms with Crippen LogP contribution in [0.1, 0.15) is 118 Å². The van der Waals surface area contributed by atoms with Gasteiger partial charge in [-0.2, -0.15) is 14.5 Å². The highest BCUT2D eigenvalue weighted by atomic mass is 127. The molecule has 1 aliphatic heterocycles. The molecule has 1 aliphatic rings. The zero-order valence-corrected chi connectivity index (χ0v) is 55.9. The van der Waals surface area contributed by atoms with E-state index in [1.807, 2.05) is 41.0 Å². The van der Waals surface area contributed by atoms with E-state index in [-0.39, 0.29) is 40.0 Å². The van der Waals surface area contributed by atoms with Gasteiger partial charge in [-0.05, 0) is 116 Å². The Labute approximate surface area is 500 Å². The van der Waals surface area contributed by atoms with E-state index in [0.717, 1.165) is 85.2 Å². The number of alkyl halides is 1. The van der Waals surface area contributed by atoms with Gasteiger partial charge < -0.3 is 22.9 Å². The van der Waals surface area contributed by atoms with Crippen molar-refractivity contribution in [3.8, 4) is 16.9 Å². The first-order valence-corrected chi connectivity index (χ1v) is 37.6. The van der Waals surface area contributed by atoms with Gasteiger partial charge in [-0.15, -0.1) is 11.8 Å². The molecule has 1 atom stereocenters. The van der Waals surface area contributed by atoms with E-state index < -0.39 is 32.6 Å². The maximum atomic E-state index is 15.8. The van der Waals surface area contributed by atoms with Crippen molar-refractivity contribution < 1.29 is 41.1 Å². The Kier molecular flexibility index (Phi) is 19.0. The number of para-hydroxylation sites is 1. The van der Waals surface area contributed by atoms with Gasteiger partial charge in [0.15, 0.2) is 19.9 Å². The Balaban J connectivity index is 1.24. The van der Waals surface area contributed by atoms with Crippen molar-refractivity contribution in [2.45, 2.75) is 156 Å². The minimum Gasteiger partial charge on any atom is -0.543 e. The topological polar surface area (TPSA) is 144 Å². The molecule has 1 fully saturated rings. The zero-order valence-electron chi connectivity index (χ0n) is 50.2. The quantitative estimate of drug-likeness (QED) is 0.00736. The lowest BCUT2D eigenvalue weighted by Crippen LogP contribution is -2.43. The summed E-state index contributed by atoms with van der Waals surface area (Å²) in [6.07, 6.45) is 3.55. The fourth-order valence-electron chi connectivity index (χ4n) is 10.1. The Morgan fingerprint density at radius 1 is 0.901 bits per heavy atom. The molecule has 0 N–H and O–H groups in total. The third-order valence-corrected chi connectivity index (χ3v) is 29.4. The molecule has 15 nitrogen and oxygen atoms in total. The third kappa shape index (κ3) is 13.0. The maximum Gasteiger partial charge on any atom is 0.354 e. The number of esters is 1. The van der Waals surface area contributed by atoms with Crippen molar-refractivity contribution in [2.75, 3.05) is 27.4 Å². The molecule has 436 valence electrons. The molecule has 81 heavy (non-hydrogen) atoms. The second-order valence-electron chi connectivity index (χ2n) is 24.2. The van der Waals surface area contributed by atoms with Crippen LogP contribution in [0.5, 0.6) is 5.75 Å². The zero-order chi connectivity index (χ0) is 59.0. The van der Waals surface area contributed by atoms with Gasteiger partial charge in [-0.25, -0.2) is 17.9 Å². The number of hydrogen-bond donors (Lipinski definition) is 0. The van der Waals surface area contributed by atoms with E-state index in [1.165, 1.54) is 23.3 Å². The summed E-state index contributed by atoms with van der Waals surface area (Å²) >= 11 is 4.08. The van der Waals surface area contributed by atoms with Crippen LogP contribution in [0, 0.1) is 6.92 Å². The first kappa shape index (κ1) is 62.2. The minimum atomic E-state index is -4.39. The Hall–Kier alpha value is -4.82. The van der Waals surface area contributed by atoms with E-state index in [9.17, 15) is 4.79 Å². The van der Waals surface area contributed by atoms with E-state index in [0.29, 0.717) is 53.3 Å². The predicted molar refractivity (Wildman–Crippen MR) is 340 cm³/mol. The van der Waals surface area contributed by atoms with Gasteiger partial charge in [0, 0.05) is 86.5 Å². The van der Waals surface area contributed by atoms with Gasteiger partial charge in [0.1, 0.15) is 24.8 Å². The van der Waals surface area contributed by atoms with Crippen LogP contribution >= 0.6 is 34.4 Å². The Bertz CT molecular complexity index is 3570. The average Bonchev–Trinajstić information content (AvgIpc) is 4.28. The second kappa shape index (κ2) is 24.8. The monoisotopic (exact) mass is 1290 g/mol. The summed E-state index contributed by atoms with van der Waals surface area (Å²) in [5.74, 6) is 1.02. The van der Waals surface area contributed by atoms with E-state index >= 15 is 8.42 Å². The molecule has 1 saturated heterocycles. The van der Waals surface area contributed by atoms with Crippen LogP contribution in [0.2, 0.25) is 36.3 Å². The molecule has 0 bridgehead atoms. The number of aryl methyl sites for hydroxylation is 3. The molecule has 4 heterocycles. The largest absolute Gasteiger partial charge is 0.543 e. The summed E-state index contributed by atoms with van der Waals surface area (Å²) in [5, 5.41) is 13.6. The number of carbonyl (C=O) groups excluding carboxylic acids is 1. The van der Waals surface area contributed by atoms with Crippen molar-refractivity contribution in [1.29, 1.82) is 0 Å². The number of methoxy groups -OCH3 is 1. The number of nitrogens with zero attached hydrogens (tertiary/aromatic N) is 7. The number of carbonyl (C=O) groups is 1. The van der Waals surface area contributed by atoms with Gasteiger partial charge in [0.2, 0.25) is 0 Å². The standard InChI is InChI=1S/C61H83IN7O8S2Si2/c1-41-55(56-43(37-62)30-31-49-48(58(59(70)73-11)65(8)57(49)56)26-23-33-76-80(13,14)60(2,3)4)50(64-69(41)54-29-21-22-32-75-54)39-68(79(71,72)53-28-20-19-27-51(53)67(10)74-12)38-44-35-45(66(9)63-44)40-78-46-34-42-24-17-18-25-47(42)52(36-46)77-81(15,16)61(5,6)7/h17-20,24-25,27-28,30-31,34-36,54H,10,21-23,26,29,32-33,37-40H2,1-9,11-16H3/q+1. The molecular weight excluding hydrogens is 1210 g/mol. The molecule has 3 aromatic heterocycles. The molecule has 8 rings (SSSR count). The first-order valence-electron chi connectivity index (χ1n) is 27.9. The lowest BCUT2D eigenvalue weighted by atomic mass is 9.94. The molecule has 0 spiro atoms. The summed E-state index contributed by atoms with van der Waals surface area (Å²) in [6.45, 7) is 29.5. The number of benzene rings is 4. The lowest BCUT2D eigenvalue weighted by Gasteiger charge is -2.37. The summed E-state index contributed by atoms with van der Waals surface area (Å²) < 4.78 is 66.1. The van der Waals surface area contributed by atoms with Crippen LogP contribution in [0.15, 0.2) is 88.7 Å². The van der Waals surface area contributed by atoms with Gasteiger partial charge in [-0.1, -0.05) is 113 Å². The smallest absolute Gasteiger partial charge is 0.354 e. The fraction of sp³-hybridized carbons (Fsp3) is 0.475. The van der Waals surface area contributed by atoms with Crippen molar-refractivity contribution in [1.82, 2.24) is 28.4 Å². The molecule has 0 saturated carbocycles.